The Bertz CT molecular complexity index is 423. The van der Waals surface area contributed by atoms with Crippen molar-refractivity contribution in [3.63, 3.8) is 0 Å². The minimum atomic E-state index is -4.47. The van der Waals surface area contributed by atoms with Crippen LogP contribution in [0, 0.1) is 0 Å². The fraction of sp³-hybridized carbons (Fsp3) is 0.600. The number of nitrogens with zero attached hydrogens (tertiary/aromatic N) is 2. The lowest BCUT2D eigenvalue weighted by Gasteiger charge is -2.12. The third kappa shape index (κ3) is 2.78. The molecule has 0 saturated heterocycles. The van der Waals surface area contributed by atoms with Gasteiger partial charge in [-0.15, -0.1) is 0 Å². The Hall–Kier alpha value is -1.53. The van der Waals surface area contributed by atoms with Crippen molar-refractivity contribution in [2.45, 2.75) is 38.0 Å². The summed E-state index contributed by atoms with van der Waals surface area (Å²) in [6.45, 7) is 1.52. The minimum absolute atomic E-state index is 0.183. The normalized spacial score (nSPS) is 17.9. The maximum Gasteiger partial charge on any atom is 0.435 e. The van der Waals surface area contributed by atoms with Gasteiger partial charge in [0.05, 0.1) is 0 Å². The highest BCUT2D eigenvalue weighted by Crippen LogP contribution is 2.28. The summed E-state index contributed by atoms with van der Waals surface area (Å²) >= 11 is 0. The highest BCUT2D eigenvalue weighted by atomic mass is 19.4. The molecule has 1 aliphatic carbocycles. The van der Waals surface area contributed by atoms with Gasteiger partial charge in [-0.1, -0.05) is 0 Å². The summed E-state index contributed by atoms with van der Waals surface area (Å²) in [4.78, 5) is 11.6. The average molecular weight is 247 g/mol. The largest absolute Gasteiger partial charge is 0.435 e. The van der Waals surface area contributed by atoms with Crippen molar-refractivity contribution in [3.8, 4) is 0 Å². The quantitative estimate of drug-likeness (QED) is 0.884. The predicted octanol–water partition coefficient (Wildman–Crippen LogP) is 1.74. The molecule has 2 rings (SSSR count). The van der Waals surface area contributed by atoms with Gasteiger partial charge >= 0.3 is 6.18 Å². The smallest absolute Gasteiger partial charge is 0.352 e. The molecule has 1 amide bonds. The summed E-state index contributed by atoms with van der Waals surface area (Å²) in [7, 11) is 0. The van der Waals surface area contributed by atoms with Gasteiger partial charge in [0.2, 0.25) is 5.91 Å². The number of alkyl halides is 3. The number of nitrogens with one attached hydrogen (secondary N) is 1. The van der Waals surface area contributed by atoms with E-state index in [9.17, 15) is 18.0 Å². The van der Waals surface area contributed by atoms with Crippen LogP contribution in [0.2, 0.25) is 0 Å². The van der Waals surface area contributed by atoms with Crippen molar-refractivity contribution in [3.05, 3.63) is 18.0 Å². The predicted molar refractivity (Wildman–Crippen MR) is 53.1 cm³/mol. The van der Waals surface area contributed by atoms with Gasteiger partial charge in [-0.05, 0) is 25.8 Å². The summed E-state index contributed by atoms with van der Waals surface area (Å²) in [5, 5.41) is 6.08. The van der Waals surface area contributed by atoms with Gasteiger partial charge in [-0.3, -0.25) is 9.48 Å². The topological polar surface area (TPSA) is 46.9 Å². The molecule has 0 aromatic carbocycles. The van der Waals surface area contributed by atoms with Crippen molar-refractivity contribution in [2.75, 3.05) is 0 Å². The number of hydrogen-bond donors (Lipinski definition) is 1. The van der Waals surface area contributed by atoms with Crippen LogP contribution in [0.1, 0.15) is 31.5 Å². The van der Waals surface area contributed by atoms with Gasteiger partial charge in [-0.2, -0.15) is 18.3 Å². The van der Waals surface area contributed by atoms with Gasteiger partial charge in [0.15, 0.2) is 5.69 Å². The van der Waals surface area contributed by atoms with Crippen molar-refractivity contribution < 1.29 is 18.0 Å². The van der Waals surface area contributed by atoms with Gasteiger partial charge in [-0.25, -0.2) is 0 Å². The molecule has 1 N–H and O–H groups in total. The van der Waals surface area contributed by atoms with E-state index < -0.39 is 17.9 Å². The average Bonchev–Trinajstić information content (AvgIpc) is 2.89. The van der Waals surface area contributed by atoms with Crippen LogP contribution < -0.4 is 5.32 Å². The molecule has 0 radical (unpaired) electrons. The van der Waals surface area contributed by atoms with Crippen LogP contribution in [0.3, 0.4) is 0 Å². The first-order valence-corrected chi connectivity index (χ1v) is 5.30. The monoisotopic (exact) mass is 247 g/mol. The number of halogens is 3. The van der Waals surface area contributed by atoms with Crippen LogP contribution in [0.5, 0.6) is 0 Å². The lowest BCUT2D eigenvalue weighted by Crippen LogP contribution is -2.32. The number of carbonyl (C=O) groups is 1. The zero-order valence-corrected chi connectivity index (χ0v) is 9.16. The Morgan fingerprint density at radius 3 is 2.71 bits per heavy atom. The van der Waals surface area contributed by atoms with E-state index >= 15 is 0 Å². The molecule has 0 aliphatic heterocycles. The van der Waals surface area contributed by atoms with Gasteiger partial charge in [0.1, 0.15) is 6.04 Å². The van der Waals surface area contributed by atoms with Crippen molar-refractivity contribution in [2.24, 2.45) is 0 Å². The SMILES string of the molecule is CC(C(=O)NC1CC1)n1ccc(C(F)(F)F)n1. The fourth-order valence-electron chi connectivity index (χ4n) is 1.37. The Balaban J connectivity index is 2.05. The number of aromatic nitrogens is 2. The van der Waals surface area contributed by atoms with Crippen LogP contribution in [0.15, 0.2) is 12.3 Å². The Kier molecular flexibility index (Phi) is 2.84. The fourth-order valence-corrected chi connectivity index (χ4v) is 1.37. The Morgan fingerprint density at radius 2 is 2.24 bits per heavy atom. The molecule has 1 saturated carbocycles. The van der Waals surface area contributed by atoms with Gasteiger partial charge in [0, 0.05) is 12.2 Å². The lowest BCUT2D eigenvalue weighted by molar-refractivity contribution is -0.142. The van der Waals surface area contributed by atoms with Gasteiger partial charge in [0.25, 0.3) is 0 Å². The van der Waals surface area contributed by atoms with E-state index in [1.165, 1.54) is 13.1 Å². The number of rotatable bonds is 3. The summed E-state index contributed by atoms with van der Waals surface area (Å²) in [5.74, 6) is -0.302. The van der Waals surface area contributed by atoms with E-state index in [-0.39, 0.29) is 11.9 Å². The highest BCUT2D eigenvalue weighted by molar-refractivity contribution is 5.80. The van der Waals surface area contributed by atoms with Crippen LogP contribution in [0.25, 0.3) is 0 Å². The molecule has 7 heteroatoms. The molecule has 1 fully saturated rings. The first kappa shape index (κ1) is 11.9. The molecule has 0 bridgehead atoms. The summed E-state index contributed by atoms with van der Waals surface area (Å²) < 4.78 is 38.0. The van der Waals surface area contributed by atoms with Crippen LogP contribution in [0.4, 0.5) is 13.2 Å². The van der Waals surface area contributed by atoms with E-state index in [0.29, 0.717) is 0 Å². The molecule has 1 aliphatic rings. The number of hydrogen-bond acceptors (Lipinski definition) is 2. The van der Waals surface area contributed by atoms with Crippen molar-refractivity contribution >= 4 is 5.91 Å². The van der Waals surface area contributed by atoms with Crippen LogP contribution >= 0.6 is 0 Å². The summed E-state index contributed by atoms with van der Waals surface area (Å²) in [5.41, 5.74) is -0.983. The second-order valence-electron chi connectivity index (χ2n) is 4.14. The molecule has 0 spiro atoms. The molecule has 1 aromatic heterocycles. The Labute approximate surface area is 95.8 Å². The second-order valence-corrected chi connectivity index (χ2v) is 4.14. The van der Waals surface area contributed by atoms with E-state index in [4.69, 9.17) is 0 Å². The summed E-state index contributed by atoms with van der Waals surface area (Å²) in [6.07, 6.45) is -1.44. The van der Waals surface area contributed by atoms with Crippen LogP contribution in [-0.4, -0.2) is 21.7 Å². The van der Waals surface area contributed by atoms with Crippen LogP contribution in [-0.2, 0) is 11.0 Å². The number of amides is 1. The third-order valence-corrected chi connectivity index (χ3v) is 2.60. The summed E-state index contributed by atoms with van der Waals surface area (Å²) in [6, 6.07) is 0.315. The van der Waals surface area contributed by atoms with E-state index in [2.05, 4.69) is 10.4 Å². The van der Waals surface area contributed by atoms with Crippen molar-refractivity contribution in [1.29, 1.82) is 0 Å². The highest BCUT2D eigenvalue weighted by Gasteiger charge is 2.34. The molecule has 1 heterocycles. The van der Waals surface area contributed by atoms with Crippen molar-refractivity contribution in [1.82, 2.24) is 15.1 Å². The molecule has 17 heavy (non-hydrogen) atoms. The molecule has 1 unspecified atom stereocenters. The molecular weight excluding hydrogens is 235 g/mol. The zero-order chi connectivity index (χ0) is 12.6. The molecule has 1 aromatic rings. The standard InChI is InChI=1S/C10H12F3N3O/c1-6(9(17)14-7-2-3-7)16-5-4-8(15-16)10(11,12)13/h4-7H,2-3H2,1H3,(H,14,17). The third-order valence-electron chi connectivity index (χ3n) is 2.60. The Morgan fingerprint density at radius 1 is 1.59 bits per heavy atom. The molecule has 4 nitrogen and oxygen atoms in total. The lowest BCUT2D eigenvalue weighted by atomic mass is 10.3. The minimum Gasteiger partial charge on any atom is -0.352 e. The molecule has 94 valence electrons. The molecular formula is C10H12F3N3O. The molecule has 1 atom stereocenters. The maximum absolute atomic E-state index is 12.3. The second kappa shape index (κ2) is 4.05. The van der Waals surface area contributed by atoms with E-state index in [1.54, 1.807) is 0 Å². The van der Waals surface area contributed by atoms with Gasteiger partial charge < -0.3 is 5.32 Å². The first-order valence-electron chi connectivity index (χ1n) is 5.30. The first-order chi connectivity index (χ1) is 7.88. The number of carbonyl (C=O) groups excluding carboxylic acids is 1. The van der Waals surface area contributed by atoms with E-state index in [0.717, 1.165) is 23.6 Å². The maximum atomic E-state index is 12.3. The van der Waals surface area contributed by atoms with E-state index in [1.807, 2.05) is 0 Å². The zero-order valence-electron chi connectivity index (χ0n) is 9.16.